The zero-order valence-electron chi connectivity index (χ0n) is 9.00. The van der Waals surface area contributed by atoms with Crippen LogP contribution in [0.15, 0.2) is 0 Å². The standard InChI is InChI=1S/C11H22N2O/c1(3-11-9-12-10-11)2-4-13-5-7-14-8-6-13/h11-12H,1-10H2. The van der Waals surface area contributed by atoms with Crippen LogP contribution in [-0.2, 0) is 4.74 Å². The maximum atomic E-state index is 5.32. The smallest absolute Gasteiger partial charge is 0.0594 e. The first-order valence-electron chi connectivity index (χ1n) is 5.96. The van der Waals surface area contributed by atoms with Crippen molar-refractivity contribution in [2.24, 2.45) is 5.92 Å². The summed E-state index contributed by atoms with van der Waals surface area (Å²) in [6.45, 7) is 7.97. The molecule has 3 heteroatoms. The van der Waals surface area contributed by atoms with Crippen molar-refractivity contribution in [1.82, 2.24) is 10.2 Å². The lowest BCUT2D eigenvalue weighted by Crippen LogP contribution is -2.42. The summed E-state index contributed by atoms with van der Waals surface area (Å²) in [5, 5.41) is 3.32. The minimum absolute atomic E-state index is 0.937. The van der Waals surface area contributed by atoms with Gasteiger partial charge in [-0.05, 0) is 38.4 Å². The maximum Gasteiger partial charge on any atom is 0.0594 e. The molecule has 2 aliphatic heterocycles. The fourth-order valence-electron chi connectivity index (χ4n) is 2.15. The summed E-state index contributed by atoms with van der Waals surface area (Å²) in [7, 11) is 0. The lowest BCUT2D eigenvalue weighted by molar-refractivity contribution is 0.0369. The summed E-state index contributed by atoms with van der Waals surface area (Å²) in [4.78, 5) is 2.53. The highest BCUT2D eigenvalue weighted by atomic mass is 16.5. The first kappa shape index (κ1) is 10.4. The molecule has 2 aliphatic rings. The first-order valence-corrected chi connectivity index (χ1v) is 5.96. The molecule has 0 radical (unpaired) electrons. The van der Waals surface area contributed by atoms with Crippen LogP contribution in [-0.4, -0.2) is 50.8 Å². The molecule has 0 atom stereocenters. The molecule has 0 aromatic rings. The average Bonchev–Trinajstić information content (AvgIpc) is 2.16. The molecule has 2 fully saturated rings. The van der Waals surface area contributed by atoms with E-state index in [0.717, 1.165) is 32.2 Å². The second-order valence-electron chi connectivity index (χ2n) is 4.47. The van der Waals surface area contributed by atoms with E-state index in [0.29, 0.717) is 0 Å². The zero-order chi connectivity index (χ0) is 9.64. The summed E-state index contributed by atoms with van der Waals surface area (Å²) in [5.41, 5.74) is 0. The van der Waals surface area contributed by atoms with Gasteiger partial charge in [-0.2, -0.15) is 0 Å². The Morgan fingerprint density at radius 2 is 1.93 bits per heavy atom. The lowest BCUT2D eigenvalue weighted by atomic mass is 9.96. The van der Waals surface area contributed by atoms with Crippen LogP contribution in [0.3, 0.4) is 0 Å². The molecule has 2 saturated heterocycles. The highest BCUT2D eigenvalue weighted by Gasteiger charge is 2.16. The van der Waals surface area contributed by atoms with Crippen LogP contribution in [0.2, 0.25) is 0 Å². The fourth-order valence-corrected chi connectivity index (χ4v) is 2.15. The van der Waals surface area contributed by atoms with Gasteiger partial charge in [0.1, 0.15) is 0 Å². The van der Waals surface area contributed by atoms with Gasteiger partial charge in [0, 0.05) is 13.1 Å². The van der Waals surface area contributed by atoms with Crippen molar-refractivity contribution in [2.75, 3.05) is 45.9 Å². The summed E-state index contributed by atoms with van der Waals surface area (Å²) < 4.78 is 5.32. The molecule has 2 rings (SSSR count). The van der Waals surface area contributed by atoms with Crippen LogP contribution in [0.1, 0.15) is 19.3 Å². The predicted octanol–water partition coefficient (Wildman–Crippen LogP) is 0.708. The number of morpholine rings is 1. The van der Waals surface area contributed by atoms with E-state index in [1.165, 1.54) is 38.9 Å². The van der Waals surface area contributed by atoms with E-state index < -0.39 is 0 Å². The number of hydrogen-bond acceptors (Lipinski definition) is 3. The summed E-state index contributed by atoms with van der Waals surface area (Å²) >= 11 is 0. The molecule has 0 aromatic carbocycles. The van der Waals surface area contributed by atoms with Crippen LogP contribution >= 0.6 is 0 Å². The Hall–Kier alpha value is -0.120. The van der Waals surface area contributed by atoms with E-state index in [1.807, 2.05) is 0 Å². The Morgan fingerprint density at radius 1 is 1.14 bits per heavy atom. The first-order chi connectivity index (χ1) is 6.95. The van der Waals surface area contributed by atoms with E-state index in [2.05, 4.69) is 10.2 Å². The minimum atomic E-state index is 0.937. The van der Waals surface area contributed by atoms with Gasteiger partial charge in [-0.1, -0.05) is 6.42 Å². The number of unbranched alkanes of at least 4 members (excludes halogenated alkanes) is 1. The van der Waals surface area contributed by atoms with Gasteiger partial charge in [0.05, 0.1) is 13.2 Å². The molecule has 0 bridgehead atoms. The Morgan fingerprint density at radius 3 is 2.57 bits per heavy atom. The second kappa shape index (κ2) is 5.69. The normalized spacial score (nSPS) is 24.9. The molecule has 0 amide bonds. The molecule has 1 N–H and O–H groups in total. The van der Waals surface area contributed by atoms with E-state index in [-0.39, 0.29) is 0 Å². The third-order valence-corrected chi connectivity index (χ3v) is 3.31. The van der Waals surface area contributed by atoms with Crippen molar-refractivity contribution in [3.8, 4) is 0 Å². The van der Waals surface area contributed by atoms with Gasteiger partial charge >= 0.3 is 0 Å². The van der Waals surface area contributed by atoms with Gasteiger partial charge in [-0.3, -0.25) is 4.90 Å². The maximum absolute atomic E-state index is 5.32. The van der Waals surface area contributed by atoms with E-state index in [9.17, 15) is 0 Å². The topological polar surface area (TPSA) is 24.5 Å². The van der Waals surface area contributed by atoms with Crippen molar-refractivity contribution >= 4 is 0 Å². The van der Waals surface area contributed by atoms with Crippen LogP contribution in [0.4, 0.5) is 0 Å². The van der Waals surface area contributed by atoms with Gasteiger partial charge in [-0.25, -0.2) is 0 Å². The average molecular weight is 198 g/mol. The van der Waals surface area contributed by atoms with E-state index in [1.54, 1.807) is 0 Å². The molecule has 14 heavy (non-hydrogen) atoms. The molecule has 82 valence electrons. The zero-order valence-corrected chi connectivity index (χ0v) is 9.00. The largest absolute Gasteiger partial charge is 0.379 e. The van der Waals surface area contributed by atoms with Crippen LogP contribution in [0, 0.1) is 5.92 Å². The number of nitrogens with zero attached hydrogens (tertiary/aromatic N) is 1. The third kappa shape index (κ3) is 3.23. The van der Waals surface area contributed by atoms with Crippen molar-refractivity contribution < 1.29 is 4.74 Å². The predicted molar refractivity (Wildman–Crippen MR) is 57.5 cm³/mol. The van der Waals surface area contributed by atoms with Crippen LogP contribution in [0.5, 0.6) is 0 Å². The lowest BCUT2D eigenvalue weighted by Gasteiger charge is -2.28. The minimum Gasteiger partial charge on any atom is -0.379 e. The molecule has 0 unspecified atom stereocenters. The van der Waals surface area contributed by atoms with E-state index >= 15 is 0 Å². The van der Waals surface area contributed by atoms with Gasteiger partial charge in [0.2, 0.25) is 0 Å². The molecule has 0 spiro atoms. The highest BCUT2D eigenvalue weighted by molar-refractivity contribution is 4.74. The number of ether oxygens (including phenoxy) is 1. The molecule has 0 aromatic heterocycles. The number of nitrogens with one attached hydrogen (secondary N) is 1. The van der Waals surface area contributed by atoms with Crippen molar-refractivity contribution in [3.05, 3.63) is 0 Å². The van der Waals surface area contributed by atoms with Gasteiger partial charge in [-0.15, -0.1) is 0 Å². The third-order valence-electron chi connectivity index (χ3n) is 3.31. The van der Waals surface area contributed by atoms with Gasteiger partial charge in [0.15, 0.2) is 0 Å². The molecule has 0 aliphatic carbocycles. The molecular weight excluding hydrogens is 176 g/mol. The van der Waals surface area contributed by atoms with Crippen molar-refractivity contribution in [2.45, 2.75) is 19.3 Å². The molecule has 3 nitrogen and oxygen atoms in total. The van der Waals surface area contributed by atoms with E-state index in [4.69, 9.17) is 4.74 Å². The van der Waals surface area contributed by atoms with Crippen LogP contribution in [0.25, 0.3) is 0 Å². The SMILES string of the molecule is C(CCN1CCOCC1)CC1CNC1. The van der Waals surface area contributed by atoms with Gasteiger partial charge in [0.25, 0.3) is 0 Å². The van der Waals surface area contributed by atoms with Crippen LogP contribution < -0.4 is 5.32 Å². The highest BCUT2D eigenvalue weighted by Crippen LogP contribution is 2.12. The summed E-state index contributed by atoms with van der Waals surface area (Å²) in [5.74, 6) is 0.986. The molecule has 0 saturated carbocycles. The van der Waals surface area contributed by atoms with Crippen molar-refractivity contribution in [3.63, 3.8) is 0 Å². The summed E-state index contributed by atoms with van der Waals surface area (Å²) in [6, 6.07) is 0. The Labute approximate surface area is 86.8 Å². The Balaban J connectivity index is 1.45. The quantitative estimate of drug-likeness (QED) is 0.658. The monoisotopic (exact) mass is 198 g/mol. The van der Waals surface area contributed by atoms with Crippen molar-refractivity contribution in [1.29, 1.82) is 0 Å². The van der Waals surface area contributed by atoms with Gasteiger partial charge < -0.3 is 10.1 Å². The Kier molecular flexibility index (Phi) is 4.22. The number of rotatable bonds is 5. The molecule has 2 heterocycles. The Bertz CT molecular complexity index is 153. The second-order valence-corrected chi connectivity index (χ2v) is 4.47. The summed E-state index contributed by atoms with van der Waals surface area (Å²) in [6.07, 6.45) is 4.21. The fraction of sp³-hybridized carbons (Fsp3) is 1.00. The number of hydrogen-bond donors (Lipinski definition) is 1. The molecular formula is C11H22N2O.